The van der Waals surface area contributed by atoms with Gasteiger partial charge in [0.25, 0.3) is 0 Å². The molecule has 0 amide bonds. The molecule has 0 aromatic heterocycles. The van der Waals surface area contributed by atoms with Crippen LogP contribution in [0.3, 0.4) is 0 Å². The fourth-order valence-electron chi connectivity index (χ4n) is 0. The van der Waals surface area contributed by atoms with Crippen molar-refractivity contribution in [3.63, 3.8) is 0 Å². The van der Waals surface area contributed by atoms with Gasteiger partial charge in [-0.05, 0) is 0 Å². The molecule has 0 aromatic carbocycles. The summed E-state index contributed by atoms with van der Waals surface area (Å²) in [7, 11) is -2.17. The Balaban J connectivity index is -0.0000000600. The Morgan fingerprint density at radius 3 is 0.500 bits per heavy atom. The molecular formula is H3BF9N3O3. The molecule has 0 bridgehead atoms. The van der Waals surface area contributed by atoms with Gasteiger partial charge < -0.3 is 15.1 Å². The molecule has 0 aromatic rings. The fourth-order valence-corrected chi connectivity index (χ4v) is 0. The van der Waals surface area contributed by atoms with Crippen molar-refractivity contribution >= 4 is 7.32 Å². The highest BCUT2D eigenvalue weighted by molar-refractivity contribution is 6.30. The summed E-state index contributed by atoms with van der Waals surface area (Å²) in [5, 5.41) is 21.5. The van der Waals surface area contributed by atoms with Crippen molar-refractivity contribution in [3.05, 3.63) is 0 Å². The molecule has 0 rings (SSSR count). The largest absolute Gasteiger partial charge is 0.631 e. The highest BCUT2D eigenvalue weighted by Crippen LogP contribution is 1.83. The van der Waals surface area contributed by atoms with E-state index in [2.05, 4.69) is 0 Å². The van der Waals surface area contributed by atoms with Crippen LogP contribution in [0.5, 0.6) is 0 Å². The Morgan fingerprint density at radius 1 is 0.500 bits per heavy atom. The molecule has 0 atom stereocenters. The molecule has 0 radical (unpaired) electrons. The summed E-state index contributed by atoms with van der Waals surface area (Å²) in [6.45, 7) is 0. The molecule has 0 heterocycles. The van der Waals surface area contributed by atoms with Crippen LogP contribution < -0.4 is 0 Å². The average Bonchev–Trinajstić information content (AvgIpc) is 1.76. The molecule has 0 aliphatic rings. The van der Waals surface area contributed by atoms with Crippen LogP contribution in [-0.4, -0.2) is 39.1 Å². The first-order valence-corrected chi connectivity index (χ1v) is 2.30. The Kier molecular flexibility index (Phi) is 30.1. The van der Waals surface area contributed by atoms with Crippen LogP contribution in [0.25, 0.3) is 0 Å². The van der Waals surface area contributed by atoms with E-state index in [4.69, 9.17) is 15.1 Å². The lowest BCUT2D eigenvalue weighted by atomic mass is 10.3. The molecule has 16 heteroatoms. The van der Waals surface area contributed by atoms with Crippen LogP contribution >= 0.6 is 0 Å². The molecule has 0 spiro atoms. The zero-order valence-electron chi connectivity index (χ0n) is 6.66. The van der Waals surface area contributed by atoms with Gasteiger partial charge in [-0.3, -0.25) is 0 Å². The molecule has 0 fully saturated rings. The normalized spacial score (nSPS) is 8.44. The lowest BCUT2D eigenvalue weighted by molar-refractivity contribution is -0.296. The van der Waals surface area contributed by atoms with E-state index in [9.17, 15) is 40.3 Å². The van der Waals surface area contributed by atoms with Gasteiger partial charge in [0, 0.05) is 0 Å². The minimum atomic E-state index is -2.50. The Morgan fingerprint density at radius 2 is 0.500 bits per heavy atom. The minimum Gasteiger partial charge on any atom is -0.402 e. The molecule has 0 aliphatic heterocycles. The highest BCUT2D eigenvalue weighted by atomic mass is 19.5. The molecular weight excluding hydrogens is 272 g/mol. The van der Waals surface area contributed by atoms with Gasteiger partial charge in [-0.2, -0.15) is 0 Å². The molecule has 3 N–H and O–H groups in total. The first-order valence-electron chi connectivity index (χ1n) is 2.30. The summed E-state index contributed by atoms with van der Waals surface area (Å²) in [5.74, 6) is 0. The van der Waals surface area contributed by atoms with Crippen LogP contribution in [0.15, 0.2) is 0 Å². The van der Waals surface area contributed by atoms with Crippen molar-refractivity contribution in [1.29, 1.82) is 0 Å². The van der Waals surface area contributed by atoms with Gasteiger partial charge in [0.2, 0.25) is 0 Å². The van der Waals surface area contributed by atoms with Crippen LogP contribution in [0, 0.1) is 0 Å². The molecule has 0 unspecified atom stereocenters. The summed E-state index contributed by atoms with van der Waals surface area (Å²) < 4.78 is 85.5. The van der Waals surface area contributed by atoms with E-state index in [1.807, 2.05) is 0 Å². The second kappa shape index (κ2) is 19.7. The van der Waals surface area contributed by atoms with Crippen LogP contribution in [-0.2, 0) is 0 Å². The van der Waals surface area contributed by atoms with E-state index in [-0.39, 0.29) is 0 Å². The maximum Gasteiger partial charge on any atom is 0.631 e. The SMILES string of the molecule is FN(F)F.FN(F)F.FN(F)F.OB(O)O. The monoisotopic (exact) mass is 275 g/mol. The van der Waals surface area contributed by atoms with E-state index in [1.165, 1.54) is 0 Å². The molecule has 0 aliphatic carbocycles. The lowest BCUT2D eigenvalue weighted by Gasteiger charge is -1.69. The van der Waals surface area contributed by atoms with Gasteiger partial charge >= 0.3 is 7.32 Å². The van der Waals surface area contributed by atoms with E-state index in [0.29, 0.717) is 0 Å². The second-order valence-electron chi connectivity index (χ2n) is 0.921. The summed E-state index contributed by atoms with van der Waals surface area (Å²) in [4.78, 5) is 0. The van der Waals surface area contributed by atoms with Crippen molar-refractivity contribution < 1.29 is 55.4 Å². The first-order chi connectivity index (χ1) is 6.93. The van der Waals surface area contributed by atoms with E-state index in [0.717, 1.165) is 0 Å². The van der Waals surface area contributed by atoms with Crippen LogP contribution in [0.2, 0.25) is 0 Å². The lowest BCUT2D eigenvalue weighted by Crippen LogP contribution is -2.07. The van der Waals surface area contributed by atoms with Crippen molar-refractivity contribution in [3.8, 4) is 0 Å². The zero-order chi connectivity index (χ0) is 14.3. The standard InChI is InChI=1S/BH3O3.3F3N/c2-1(3)4;3*1-4(2)3/h2-4H;;;. The van der Waals surface area contributed by atoms with Crippen LogP contribution in [0.1, 0.15) is 0 Å². The van der Waals surface area contributed by atoms with Crippen molar-refractivity contribution in [2.24, 2.45) is 0 Å². The Labute approximate surface area is 80.9 Å². The fraction of sp³-hybridized carbons (Fsp3) is 0. The van der Waals surface area contributed by atoms with Gasteiger partial charge in [0.1, 0.15) is 0 Å². The molecule has 0 saturated heterocycles. The van der Waals surface area contributed by atoms with Crippen molar-refractivity contribution in [2.45, 2.75) is 0 Å². The van der Waals surface area contributed by atoms with Gasteiger partial charge in [-0.15, -0.1) is 0 Å². The topological polar surface area (TPSA) is 70.4 Å². The predicted molar refractivity (Wildman–Crippen MR) is 27.9 cm³/mol. The third kappa shape index (κ3) is 3030. The van der Waals surface area contributed by atoms with E-state index >= 15 is 0 Å². The van der Waals surface area contributed by atoms with Crippen molar-refractivity contribution in [2.75, 3.05) is 0 Å². The Bertz CT molecular complexity index is 69.0. The van der Waals surface area contributed by atoms with Crippen LogP contribution in [0.4, 0.5) is 40.3 Å². The predicted octanol–water partition coefficient (Wildman–Crippen LogP) is 0.774. The van der Waals surface area contributed by atoms with Gasteiger partial charge in [-0.25, -0.2) is 0 Å². The number of hydrogen-bond donors (Lipinski definition) is 3. The maximum absolute atomic E-state index is 9.50. The zero-order valence-corrected chi connectivity index (χ0v) is 6.66. The number of rotatable bonds is 0. The van der Waals surface area contributed by atoms with Gasteiger partial charge in [0.15, 0.2) is 16.7 Å². The molecule has 6 nitrogen and oxygen atoms in total. The third-order valence-electron chi connectivity index (χ3n) is 0. The number of nitrogens with zero attached hydrogens (tertiary/aromatic N) is 3. The van der Waals surface area contributed by atoms with E-state index < -0.39 is 24.0 Å². The van der Waals surface area contributed by atoms with E-state index in [1.54, 1.807) is 0 Å². The summed E-state index contributed by atoms with van der Waals surface area (Å²) >= 11 is 0. The van der Waals surface area contributed by atoms with Gasteiger partial charge in [-0.1, -0.05) is 40.3 Å². The second-order valence-corrected chi connectivity index (χ2v) is 0.921. The summed E-state index contributed by atoms with van der Waals surface area (Å²) in [6.07, 6.45) is 0. The number of halogens is 9. The quantitative estimate of drug-likeness (QED) is 0.344. The Hall–Kier alpha value is -0.805. The van der Waals surface area contributed by atoms with Gasteiger partial charge in [0.05, 0.1) is 0 Å². The third-order valence-corrected chi connectivity index (χ3v) is 0. The average molecular weight is 275 g/mol. The highest BCUT2D eigenvalue weighted by Gasteiger charge is 1.92. The van der Waals surface area contributed by atoms with Crippen molar-refractivity contribution in [1.82, 2.24) is 16.7 Å². The smallest absolute Gasteiger partial charge is 0.402 e. The number of hydrogen-bond acceptors (Lipinski definition) is 6. The maximum atomic E-state index is 9.50. The molecule has 0 saturated carbocycles. The molecule has 102 valence electrons. The minimum absolute atomic E-state index is 2.17. The summed E-state index contributed by atoms with van der Waals surface area (Å²) in [5.41, 5.74) is -7.50. The molecule has 16 heavy (non-hydrogen) atoms. The summed E-state index contributed by atoms with van der Waals surface area (Å²) in [6, 6.07) is 0. The first kappa shape index (κ1) is 24.4.